The predicted octanol–water partition coefficient (Wildman–Crippen LogP) is 4.82. The molecule has 5 rings (SSSR count). The maximum atomic E-state index is 6.29. The van der Waals surface area contributed by atoms with E-state index < -0.39 is 0 Å². The van der Waals surface area contributed by atoms with Gasteiger partial charge in [0.05, 0.1) is 18.5 Å². The first-order valence-electron chi connectivity index (χ1n) is 8.76. The number of pyridine rings is 1. The molecule has 25 heavy (non-hydrogen) atoms. The topological polar surface area (TPSA) is 25.4 Å². The van der Waals surface area contributed by atoms with Gasteiger partial charge in [-0.05, 0) is 31.0 Å². The summed E-state index contributed by atoms with van der Waals surface area (Å²) in [6.07, 6.45) is 6.09. The van der Waals surface area contributed by atoms with Gasteiger partial charge in [0.15, 0.2) is 0 Å². The van der Waals surface area contributed by atoms with Gasteiger partial charge in [0.1, 0.15) is 5.75 Å². The molecule has 3 heterocycles. The second-order valence-electron chi connectivity index (χ2n) is 7.07. The van der Waals surface area contributed by atoms with Crippen LogP contribution in [-0.4, -0.2) is 24.7 Å². The summed E-state index contributed by atoms with van der Waals surface area (Å²) in [6, 6.07) is 14.5. The molecule has 3 nitrogen and oxygen atoms in total. The van der Waals surface area contributed by atoms with Crippen LogP contribution in [0.2, 0.25) is 5.02 Å². The summed E-state index contributed by atoms with van der Waals surface area (Å²) < 4.78 is 5.89. The van der Waals surface area contributed by atoms with E-state index in [2.05, 4.69) is 40.2 Å². The zero-order valence-corrected chi connectivity index (χ0v) is 14.7. The van der Waals surface area contributed by atoms with Gasteiger partial charge in [-0.2, -0.15) is 0 Å². The van der Waals surface area contributed by atoms with Crippen LogP contribution >= 0.6 is 11.6 Å². The summed E-state index contributed by atoms with van der Waals surface area (Å²) in [5, 5.41) is 3.25. The van der Waals surface area contributed by atoms with E-state index in [1.807, 2.05) is 24.5 Å². The first-order valence-corrected chi connectivity index (χ1v) is 9.14. The van der Waals surface area contributed by atoms with Crippen molar-refractivity contribution < 1.29 is 4.74 Å². The quantitative estimate of drug-likeness (QED) is 0.629. The van der Waals surface area contributed by atoms with Gasteiger partial charge in [0, 0.05) is 46.1 Å². The van der Waals surface area contributed by atoms with Gasteiger partial charge in [0.25, 0.3) is 0 Å². The number of nitrogens with zero attached hydrogens (tertiary/aromatic N) is 2. The van der Waals surface area contributed by atoms with E-state index in [4.69, 9.17) is 16.3 Å². The van der Waals surface area contributed by atoms with Crippen molar-refractivity contribution in [1.29, 1.82) is 0 Å². The van der Waals surface area contributed by atoms with Crippen LogP contribution in [0.1, 0.15) is 18.4 Å². The number of rotatable bonds is 1. The maximum absolute atomic E-state index is 6.29. The Hall–Kier alpha value is -2.26. The van der Waals surface area contributed by atoms with Crippen LogP contribution in [0.5, 0.6) is 5.75 Å². The average Bonchev–Trinajstić information content (AvgIpc) is 3.07. The summed E-state index contributed by atoms with van der Waals surface area (Å²) in [5.74, 6) is 0.994. The van der Waals surface area contributed by atoms with E-state index in [0.717, 1.165) is 43.3 Å². The third-order valence-electron chi connectivity index (χ3n) is 5.69. The zero-order valence-electron chi connectivity index (χ0n) is 13.9. The number of benzene rings is 2. The molecular weight excluding hydrogens is 332 g/mol. The van der Waals surface area contributed by atoms with Crippen molar-refractivity contribution in [3.63, 3.8) is 0 Å². The minimum Gasteiger partial charge on any atom is -0.493 e. The molecule has 1 unspecified atom stereocenters. The molecule has 2 aliphatic rings. The molecule has 1 atom stereocenters. The van der Waals surface area contributed by atoms with Gasteiger partial charge in [-0.1, -0.05) is 35.9 Å². The fraction of sp³-hybridized carbons (Fsp3) is 0.286. The van der Waals surface area contributed by atoms with Crippen LogP contribution in [0.4, 0.5) is 5.69 Å². The molecule has 4 heteroatoms. The molecule has 1 fully saturated rings. The molecule has 1 saturated heterocycles. The third-order valence-corrected chi connectivity index (χ3v) is 5.93. The number of hydrogen-bond acceptors (Lipinski definition) is 3. The number of aromatic nitrogens is 1. The highest BCUT2D eigenvalue weighted by atomic mass is 35.5. The lowest BCUT2D eigenvalue weighted by atomic mass is 9.75. The summed E-state index contributed by atoms with van der Waals surface area (Å²) in [4.78, 5) is 6.94. The van der Waals surface area contributed by atoms with E-state index in [0.29, 0.717) is 0 Å². The SMILES string of the molecule is Clc1ccc2c(c1)C1(CCO2)CCN(c2cncc3ccccc23)C1. The largest absolute Gasteiger partial charge is 0.493 e. The number of anilines is 1. The molecule has 1 aromatic heterocycles. The summed E-state index contributed by atoms with van der Waals surface area (Å²) in [7, 11) is 0. The molecule has 126 valence electrons. The number of hydrogen-bond donors (Lipinski definition) is 0. The average molecular weight is 351 g/mol. The van der Waals surface area contributed by atoms with E-state index in [9.17, 15) is 0 Å². The normalized spacial score (nSPS) is 22.2. The Labute approximate surface area is 152 Å². The highest BCUT2D eigenvalue weighted by Gasteiger charge is 2.43. The van der Waals surface area contributed by atoms with E-state index >= 15 is 0 Å². The van der Waals surface area contributed by atoms with Crippen LogP contribution in [0.25, 0.3) is 10.8 Å². The van der Waals surface area contributed by atoms with Crippen LogP contribution in [0, 0.1) is 0 Å². The molecule has 0 bridgehead atoms. The second-order valence-corrected chi connectivity index (χ2v) is 7.51. The van der Waals surface area contributed by atoms with Crippen LogP contribution < -0.4 is 9.64 Å². The highest BCUT2D eigenvalue weighted by molar-refractivity contribution is 6.30. The fourth-order valence-electron chi connectivity index (χ4n) is 4.39. The molecule has 2 aromatic carbocycles. The molecule has 0 radical (unpaired) electrons. The van der Waals surface area contributed by atoms with Gasteiger partial charge in [-0.15, -0.1) is 0 Å². The minimum atomic E-state index is 0.120. The Morgan fingerprint density at radius 2 is 2.00 bits per heavy atom. The molecular formula is C21H19ClN2O. The zero-order chi connectivity index (χ0) is 16.9. The maximum Gasteiger partial charge on any atom is 0.123 e. The molecule has 0 aliphatic carbocycles. The Balaban J connectivity index is 1.56. The van der Waals surface area contributed by atoms with Crippen molar-refractivity contribution >= 4 is 28.1 Å². The predicted molar refractivity (Wildman–Crippen MR) is 102 cm³/mol. The van der Waals surface area contributed by atoms with E-state index in [1.165, 1.54) is 22.0 Å². The van der Waals surface area contributed by atoms with Gasteiger partial charge in [-0.3, -0.25) is 4.98 Å². The lowest BCUT2D eigenvalue weighted by Gasteiger charge is -2.36. The second kappa shape index (κ2) is 5.63. The first kappa shape index (κ1) is 15.0. The number of halogens is 1. The first-order chi connectivity index (χ1) is 12.3. The van der Waals surface area contributed by atoms with Gasteiger partial charge in [0.2, 0.25) is 0 Å². The smallest absolute Gasteiger partial charge is 0.123 e. The Morgan fingerprint density at radius 3 is 2.96 bits per heavy atom. The Bertz CT molecular complexity index is 952. The lowest BCUT2D eigenvalue weighted by molar-refractivity contribution is 0.224. The monoisotopic (exact) mass is 350 g/mol. The fourth-order valence-corrected chi connectivity index (χ4v) is 4.56. The Morgan fingerprint density at radius 1 is 1.08 bits per heavy atom. The van der Waals surface area contributed by atoms with Gasteiger partial charge in [-0.25, -0.2) is 0 Å². The third kappa shape index (κ3) is 2.37. The minimum absolute atomic E-state index is 0.120. The van der Waals surface area contributed by atoms with Crippen molar-refractivity contribution in [3.8, 4) is 5.75 Å². The van der Waals surface area contributed by atoms with Crippen LogP contribution in [0.15, 0.2) is 54.9 Å². The molecule has 3 aromatic rings. The molecule has 0 saturated carbocycles. The van der Waals surface area contributed by atoms with Crippen LogP contribution in [-0.2, 0) is 5.41 Å². The van der Waals surface area contributed by atoms with Crippen molar-refractivity contribution in [2.75, 3.05) is 24.6 Å². The molecule has 0 N–H and O–H groups in total. The lowest BCUT2D eigenvalue weighted by Crippen LogP contribution is -2.36. The van der Waals surface area contributed by atoms with Crippen molar-refractivity contribution in [2.45, 2.75) is 18.3 Å². The van der Waals surface area contributed by atoms with Gasteiger partial charge >= 0.3 is 0 Å². The Kier molecular flexibility index (Phi) is 3.39. The molecule has 0 amide bonds. The highest BCUT2D eigenvalue weighted by Crippen LogP contribution is 2.47. The molecule has 2 aliphatic heterocycles. The van der Waals surface area contributed by atoms with Crippen molar-refractivity contribution in [3.05, 3.63) is 65.4 Å². The standard InChI is InChI=1S/C21H19ClN2O/c22-16-5-6-20-18(11-16)21(8-10-25-20)7-9-24(14-21)19-13-23-12-15-3-1-2-4-17(15)19/h1-6,11-13H,7-10,14H2. The number of fused-ring (bicyclic) bond motifs is 3. The summed E-state index contributed by atoms with van der Waals surface area (Å²) >= 11 is 6.29. The summed E-state index contributed by atoms with van der Waals surface area (Å²) in [6.45, 7) is 2.79. The number of ether oxygens (including phenoxy) is 1. The summed E-state index contributed by atoms with van der Waals surface area (Å²) in [5.41, 5.74) is 2.61. The van der Waals surface area contributed by atoms with Gasteiger partial charge < -0.3 is 9.64 Å². The van der Waals surface area contributed by atoms with Crippen molar-refractivity contribution in [2.24, 2.45) is 0 Å². The van der Waals surface area contributed by atoms with Crippen molar-refractivity contribution in [1.82, 2.24) is 4.98 Å². The van der Waals surface area contributed by atoms with E-state index in [-0.39, 0.29) is 5.41 Å². The van der Waals surface area contributed by atoms with Crippen LogP contribution in [0.3, 0.4) is 0 Å². The van der Waals surface area contributed by atoms with E-state index in [1.54, 1.807) is 0 Å². The molecule has 1 spiro atoms.